The summed E-state index contributed by atoms with van der Waals surface area (Å²) in [7, 11) is 0. The van der Waals surface area contributed by atoms with E-state index in [1.807, 2.05) is 6.92 Å². The van der Waals surface area contributed by atoms with Crippen molar-refractivity contribution in [3.8, 4) is 0 Å². The van der Waals surface area contributed by atoms with Crippen LogP contribution in [0.2, 0.25) is 0 Å². The van der Waals surface area contributed by atoms with E-state index in [9.17, 15) is 39.6 Å². The lowest BCUT2D eigenvalue weighted by Crippen LogP contribution is -2.39. The zero-order valence-corrected chi connectivity index (χ0v) is 20.5. The van der Waals surface area contributed by atoms with E-state index in [4.69, 9.17) is 14.2 Å². The van der Waals surface area contributed by atoms with Crippen molar-refractivity contribution in [2.24, 2.45) is 11.8 Å². The molecule has 4 N–H and O–H groups in total. The Balaban J connectivity index is 1.77. The van der Waals surface area contributed by atoms with E-state index in [0.717, 1.165) is 19.3 Å². The van der Waals surface area contributed by atoms with Gasteiger partial charge in [-0.1, -0.05) is 38.7 Å². The lowest BCUT2D eigenvalue weighted by Gasteiger charge is -2.31. The smallest absolute Gasteiger partial charge is 0.345 e. The second-order valence-corrected chi connectivity index (χ2v) is 9.93. The Hall–Kier alpha value is -2.86. The normalized spacial score (nSPS) is 31.6. The average molecular weight is 521 g/mol. The Kier molecular flexibility index (Phi) is 8.27. The quantitative estimate of drug-likeness (QED) is 0.152. The molecule has 202 valence electrons. The van der Waals surface area contributed by atoms with Crippen LogP contribution in [0.15, 0.2) is 34.4 Å². The van der Waals surface area contributed by atoms with Gasteiger partial charge in [0.1, 0.15) is 6.10 Å². The number of carbonyl (C=O) groups is 4. The second-order valence-electron chi connectivity index (χ2n) is 9.93. The summed E-state index contributed by atoms with van der Waals surface area (Å²) in [5.41, 5.74) is -0.748. The number of cyclic esters (lactones) is 4. The number of ether oxygens (including phenoxy) is 3. The fourth-order valence-corrected chi connectivity index (χ4v) is 5.59. The highest BCUT2D eigenvalue weighted by molar-refractivity contribution is 6.13. The molecule has 4 aliphatic rings. The molecule has 3 aliphatic heterocycles. The van der Waals surface area contributed by atoms with Crippen LogP contribution in [0.4, 0.5) is 0 Å². The second kappa shape index (κ2) is 11.3. The van der Waals surface area contributed by atoms with Gasteiger partial charge in [0.15, 0.2) is 0 Å². The number of hydrogen-bond acceptors (Lipinski definition) is 11. The molecule has 0 saturated carbocycles. The number of carbonyl (C=O) groups excluding carboxylic acids is 4. The van der Waals surface area contributed by atoms with Crippen molar-refractivity contribution in [1.29, 1.82) is 0 Å². The topological polar surface area (TPSA) is 177 Å². The summed E-state index contributed by atoms with van der Waals surface area (Å²) in [6.07, 6.45) is -1.25. The van der Waals surface area contributed by atoms with Gasteiger partial charge in [-0.05, 0) is 25.2 Å². The molecule has 0 fully saturated rings. The highest BCUT2D eigenvalue weighted by atomic mass is 16.6. The summed E-state index contributed by atoms with van der Waals surface area (Å²) in [4.78, 5) is 49.9. The van der Waals surface area contributed by atoms with Gasteiger partial charge >= 0.3 is 23.9 Å². The van der Waals surface area contributed by atoms with Crippen molar-refractivity contribution in [2.75, 3.05) is 0 Å². The summed E-state index contributed by atoms with van der Waals surface area (Å²) < 4.78 is 15.0. The molecule has 0 aromatic carbocycles. The van der Waals surface area contributed by atoms with Crippen LogP contribution in [-0.2, 0) is 33.4 Å². The molecule has 0 aromatic heterocycles. The van der Waals surface area contributed by atoms with Crippen LogP contribution in [0.25, 0.3) is 0 Å². The molecule has 0 unspecified atom stereocenters. The molecule has 4 rings (SSSR count). The average Bonchev–Trinajstić information content (AvgIpc) is 3.30. The predicted octanol–water partition coefficient (Wildman–Crippen LogP) is 0.489. The highest BCUT2D eigenvalue weighted by Gasteiger charge is 2.51. The van der Waals surface area contributed by atoms with Crippen LogP contribution in [0.5, 0.6) is 0 Å². The van der Waals surface area contributed by atoms with E-state index in [1.165, 1.54) is 12.2 Å². The highest BCUT2D eigenvalue weighted by Crippen LogP contribution is 2.44. The van der Waals surface area contributed by atoms with Gasteiger partial charge in [-0.15, -0.1) is 0 Å². The van der Waals surface area contributed by atoms with Crippen LogP contribution in [0.3, 0.4) is 0 Å². The number of unbranched alkanes of at least 4 members (excludes halogenated alkanes) is 3. The van der Waals surface area contributed by atoms with Gasteiger partial charge in [-0.2, -0.15) is 0 Å². The van der Waals surface area contributed by atoms with Gasteiger partial charge in [-0.25, -0.2) is 19.2 Å². The maximum Gasteiger partial charge on any atom is 0.345 e. The number of hydrogen-bond donors (Lipinski definition) is 4. The minimum absolute atomic E-state index is 0.0328. The van der Waals surface area contributed by atoms with Gasteiger partial charge in [0.2, 0.25) is 6.29 Å². The molecule has 0 amide bonds. The van der Waals surface area contributed by atoms with Gasteiger partial charge in [0.25, 0.3) is 0 Å². The van der Waals surface area contributed by atoms with Crippen molar-refractivity contribution in [2.45, 2.75) is 89.0 Å². The molecule has 1 aliphatic carbocycles. The molecule has 0 bridgehead atoms. The first-order chi connectivity index (χ1) is 17.6. The van der Waals surface area contributed by atoms with Crippen molar-refractivity contribution in [1.82, 2.24) is 0 Å². The SMILES string of the molecule is CCCCCC[C@H](O)[C@@H]1C2=C(C[C@H]([C@@H](O)[C@H]3CC=CC(=O)O3)CC3=C(C(=O)OC3=O)[C@H]1O)[C@H](O)OC2=O. The van der Waals surface area contributed by atoms with E-state index >= 15 is 0 Å². The van der Waals surface area contributed by atoms with Gasteiger partial charge in [0.05, 0.1) is 35.0 Å². The molecule has 0 spiro atoms. The molecule has 3 heterocycles. The standard InChI is InChI=1S/C26H32O11/c1-2-3-4-5-7-15(27)20-18-13(23(31)36-25(18)33)10-12(21(29)16-8-6-9-17(28)35-16)11-14-19(22(20)30)26(34)37-24(14)32/h6,9,12,15-16,20-23,27,29-31H,2-5,7-8,10-11H2,1H3/t12-,15-,16+,20+,21+,22+,23+/m0/s1. The molecule has 7 atom stereocenters. The Morgan fingerprint density at radius 3 is 2.41 bits per heavy atom. The van der Waals surface area contributed by atoms with Gasteiger partial charge < -0.3 is 34.6 Å². The molecule has 0 aromatic rings. The first-order valence-corrected chi connectivity index (χ1v) is 12.7. The first-order valence-electron chi connectivity index (χ1n) is 12.7. The number of rotatable bonds is 8. The molecular formula is C26H32O11. The van der Waals surface area contributed by atoms with Crippen LogP contribution in [0.1, 0.15) is 58.3 Å². The van der Waals surface area contributed by atoms with Crippen LogP contribution >= 0.6 is 0 Å². The van der Waals surface area contributed by atoms with Gasteiger partial charge in [-0.3, -0.25) is 0 Å². The fraction of sp³-hybridized carbons (Fsp3) is 0.615. The molecule has 0 radical (unpaired) electrons. The van der Waals surface area contributed by atoms with Crippen molar-refractivity contribution in [3.05, 3.63) is 34.4 Å². The third-order valence-corrected chi connectivity index (χ3v) is 7.50. The molecular weight excluding hydrogens is 488 g/mol. The number of aliphatic hydroxyl groups is 4. The lowest BCUT2D eigenvalue weighted by molar-refractivity contribution is -0.155. The maximum atomic E-state index is 12.9. The largest absolute Gasteiger partial charge is 0.456 e. The molecule has 11 nitrogen and oxygen atoms in total. The van der Waals surface area contributed by atoms with E-state index in [0.29, 0.717) is 6.42 Å². The Morgan fingerprint density at radius 1 is 0.946 bits per heavy atom. The molecule has 37 heavy (non-hydrogen) atoms. The third-order valence-electron chi connectivity index (χ3n) is 7.50. The fourth-order valence-electron chi connectivity index (χ4n) is 5.59. The number of aliphatic hydroxyl groups excluding tert-OH is 4. The number of esters is 4. The lowest BCUT2D eigenvalue weighted by atomic mass is 9.80. The predicted molar refractivity (Wildman–Crippen MR) is 124 cm³/mol. The summed E-state index contributed by atoms with van der Waals surface area (Å²) in [5.74, 6) is -6.05. The molecule has 0 saturated heterocycles. The zero-order valence-electron chi connectivity index (χ0n) is 20.5. The third kappa shape index (κ3) is 5.40. The van der Waals surface area contributed by atoms with E-state index in [2.05, 4.69) is 0 Å². The van der Waals surface area contributed by atoms with Crippen LogP contribution < -0.4 is 0 Å². The van der Waals surface area contributed by atoms with Crippen LogP contribution in [-0.4, -0.2) is 75.0 Å². The minimum atomic E-state index is -1.80. The van der Waals surface area contributed by atoms with E-state index < -0.39 is 72.0 Å². The Bertz CT molecular complexity index is 1050. The Morgan fingerprint density at radius 2 is 1.70 bits per heavy atom. The van der Waals surface area contributed by atoms with Crippen LogP contribution in [0, 0.1) is 11.8 Å². The maximum absolute atomic E-state index is 12.9. The Labute approximate surface area is 213 Å². The summed E-state index contributed by atoms with van der Waals surface area (Å²) in [6, 6.07) is 0. The van der Waals surface area contributed by atoms with Gasteiger partial charge in [0, 0.05) is 24.0 Å². The monoisotopic (exact) mass is 520 g/mol. The minimum Gasteiger partial charge on any atom is -0.456 e. The van der Waals surface area contributed by atoms with E-state index in [-0.39, 0.29) is 42.4 Å². The van der Waals surface area contributed by atoms with Crippen molar-refractivity contribution < 1.29 is 53.8 Å². The summed E-state index contributed by atoms with van der Waals surface area (Å²) >= 11 is 0. The first kappa shape index (κ1) is 27.2. The summed E-state index contributed by atoms with van der Waals surface area (Å²) in [5, 5.41) is 44.2. The van der Waals surface area contributed by atoms with Crippen molar-refractivity contribution in [3.63, 3.8) is 0 Å². The summed E-state index contributed by atoms with van der Waals surface area (Å²) in [6.45, 7) is 2.03. The zero-order chi connectivity index (χ0) is 26.9. The van der Waals surface area contributed by atoms with Crippen molar-refractivity contribution >= 4 is 23.9 Å². The van der Waals surface area contributed by atoms with E-state index in [1.54, 1.807) is 0 Å². The molecule has 11 heteroatoms.